The summed E-state index contributed by atoms with van der Waals surface area (Å²) in [6.07, 6.45) is 1.44. The maximum absolute atomic E-state index is 12.5. The Balaban J connectivity index is 1.88. The van der Waals surface area contributed by atoms with Gasteiger partial charge in [-0.3, -0.25) is 9.69 Å². The summed E-state index contributed by atoms with van der Waals surface area (Å²) < 4.78 is 16.4. The molecule has 3 rings (SSSR count). The Morgan fingerprint density at radius 1 is 1.31 bits per heavy atom. The Kier molecular flexibility index (Phi) is 5.46. The molecule has 140 valence electrons. The van der Waals surface area contributed by atoms with Crippen molar-refractivity contribution in [1.29, 1.82) is 0 Å². The Bertz CT molecular complexity index is 806. The molecule has 1 aliphatic rings. The van der Waals surface area contributed by atoms with Gasteiger partial charge in [-0.25, -0.2) is 4.79 Å². The van der Waals surface area contributed by atoms with Crippen LogP contribution in [0.2, 0.25) is 0 Å². The van der Waals surface area contributed by atoms with E-state index >= 15 is 0 Å². The number of furan rings is 1. The highest BCUT2D eigenvalue weighted by molar-refractivity contribution is 6.05. The highest BCUT2D eigenvalue weighted by Crippen LogP contribution is 2.31. The third-order valence-electron chi connectivity index (χ3n) is 4.80. The van der Waals surface area contributed by atoms with Gasteiger partial charge >= 0.3 is 5.97 Å². The fourth-order valence-electron chi connectivity index (χ4n) is 3.37. The van der Waals surface area contributed by atoms with Crippen LogP contribution in [0.15, 0.2) is 22.6 Å². The number of hydrogen-bond donors (Lipinski definition) is 1. The lowest BCUT2D eigenvalue weighted by molar-refractivity contribution is -0.123. The molecule has 1 aromatic carbocycles. The lowest BCUT2D eigenvalue weighted by Gasteiger charge is -2.29. The van der Waals surface area contributed by atoms with E-state index in [4.69, 9.17) is 19.6 Å². The molecule has 2 aromatic rings. The van der Waals surface area contributed by atoms with Crippen molar-refractivity contribution in [3.05, 3.63) is 29.5 Å². The fraction of sp³-hybridized carbons (Fsp3) is 0.474. The molecule has 0 saturated carbocycles. The molecule has 1 aromatic heterocycles. The molecule has 0 radical (unpaired) electrons. The second-order valence-corrected chi connectivity index (χ2v) is 6.44. The predicted molar refractivity (Wildman–Crippen MR) is 95.9 cm³/mol. The molecular weight excluding hydrogens is 336 g/mol. The SMILES string of the molecule is CCOC(=O)c1c(CN2CCC(C(N)=O)CC2)oc2ccc(OC)cc12. The highest BCUT2D eigenvalue weighted by atomic mass is 16.5. The van der Waals surface area contributed by atoms with E-state index in [2.05, 4.69) is 4.90 Å². The van der Waals surface area contributed by atoms with Crippen LogP contribution >= 0.6 is 0 Å². The van der Waals surface area contributed by atoms with Crippen molar-refractivity contribution in [1.82, 2.24) is 4.90 Å². The number of nitrogens with two attached hydrogens (primary N) is 1. The van der Waals surface area contributed by atoms with Crippen molar-refractivity contribution < 1.29 is 23.5 Å². The zero-order valence-electron chi connectivity index (χ0n) is 15.1. The molecule has 1 fully saturated rings. The highest BCUT2D eigenvalue weighted by Gasteiger charge is 2.27. The molecule has 0 aliphatic carbocycles. The van der Waals surface area contributed by atoms with E-state index in [9.17, 15) is 9.59 Å². The number of hydrogen-bond acceptors (Lipinski definition) is 6. The normalized spacial score (nSPS) is 15.9. The summed E-state index contributed by atoms with van der Waals surface area (Å²) in [5, 5.41) is 0.685. The number of methoxy groups -OCH3 is 1. The third-order valence-corrected chi connectivity index (χ3v) is 4.80. The van der Waals surface area contributed by atoms with Crippen molar-refractivity contribution >= 4 is 22.8 Å². The third kappa shape index (κ3) is 3.67. The van der Waals surface area contributed by atoms with Crippen LogP contribution in [-0.2, 0) is 16.1 Å². The molecule has 1 saturated heterocycles. The van der Waals surface area contributed by atoms with Gasteiger partial charge in [0.2, 0.25) is 5.91 Å². The predicted octanol–water partition coefficient (Wildman–Crippen LogP) is 2.32. The Labute approximate surface area is 152 Å². The number of benzene rings is 1. The summed E-state index contributed by atoms with van der Waals surface area (Å²) in [5.74, 6) is 0.506. The van der Waals surface area contributed by atoms with Gasteiger partial charge in [0.1, 0.15) is 22.7 Å². The van der Waals surface area contributed by atoms with Gasteiger partial charge in [0.15, 0.2) is 0 Å². The minimum Gasteiger partial charge on any atom is -0.497 e. The average Bonchev–Trinajstić information content (AvgIpc) is 2.99. The number of fused-ring (bicyclic) bond motifs is 1. The smallest absolute Gasteiger partial charge is 0.342 e. The maximum Gasteiger partial charge on any atom is 0.342 e. The van der Waals surface area contributed by atoms with E-state index in [0.29, 0.717) is 41.2 Å². The quantitative estimate of drug-likeness (QED) is 0.795. The molecular formula is C19H24N2O5. The van der Waals surface area contributed by atoms with Gasteiger partial charge in [-0.1, -0.05) is 0 Å². The summed E-state index contributed by atoms with van der Waals surface area (Å²) in [6, 6.07) is 5.37. The monoisotopic (exact) mass is 360 g/mol. The topological polar surface area (TPSA) is 95.0 Å². The van der Waals surface area contributed by atoms with E-state index < -0.39 is 5.97 Å². The van der Waals surface area contributed by atoms with Crippen LogP contribution < -0.4 is 10.5 Å². The molecule has 1 amide bonds. The molecule has 0 atom stereocenters. The average molecular weight is 360 g/mol. The molecule has 26 heavy (non-hydrogen) atoms. The maximum atomic E-state index is 12.5. The van der Waals surface area contributed by atoms with E-state index in [1.165, 1.54) is 0 Å². The largest absolute Gasteiger partial charge is 0.497 e. The zero-order valence-corrected chi connectivity index (χ0v) is 15.1. The van der Waals surface area contributed by atoms with Gasteiger partial charge in [-0.05, 0) is 51.1 Å². The molecule has 0 unspecified atom stereocenters. The first kappa shape index (κ1) is 18.3. The number of carbonyl (C=O) groups is 2. The van der Waals surface area contributed by atoms with E-state index in [1.54, 1.807) is 32.2 Å². The van der Waals surface area contributed by atoms with Gasteiger partial charge < -0.3 is 19.6 Å². The summed E-state index contributed by atoms with van der Waals surface area (Å²) in [5.41, 5.74) is 6.46. The van der Waals surface area contributed by atoms with Crippen LogP contribution in [0, 0.1) is 5.92 Å². The summed E-state index contributed by atoms with van der Waals surface area (Å²) in [4.78, 5) is 26.0. The number of nitrogens with zero attached hydrogens (tertiary/aromatic N) is 1. The fourth-order valence-corrected chi connectivity index (χ4v) is 3.37. The number of likely N-dealkylation sites (tertiary alicyclic amines) is 1. The minimum absolute atomic E-state index is 0.0734. The number of carbonyl (C=O) groups excluding carboxylic acids is 2. The lowest BCUT2D eigenvalue weighted by atomic mass is 9.96. The van der Waals surface area contributed by atoms with Crippen molar-refractivity contribution in [2.75, 3.05) is 26.8 Å². The Morgan fingerprint density at radius 3 is 2.65 bits per heavy atom. The van der Waals surface area contributed by atoms with Gasteiger partial charge in [-0.15, -0.1) is 0 Å². The lowest BCUT2D eigenvalue weighted by Crippen LogP contribution is -2.38. The van der Waals surface area contributed by atoms with Crippen molar-refractivity contribution in [2.45, 2.75) is 26.3 Å². The number of ether oxygens (including phenoxy) is 2. The first-order valence-electron chi connectivity index (χ1n) is 8.81. The molecule has 0 bridgehead atoms. The van der Waals surface area contributed by atoms with Crippen molar-refractivity contribution in [3.63, 3.8) is 0 Å². The molecule has 2 heterocycles. The number of esters is 1. The van der Waals surface area contributed by atoms with Crippen LogP contribution in [0.5, 0.6) is 5.75 Å². The van der Waals surface area contributed by atoms with E-state index in [0.717, 1.165) is 25.9 Å². The van der Waals surface area contributed by atoms with Crippen LogP contribution in [-0.4, -0.2) is 43.6 Å². The molecule has 2 N–H and O–H groups in total. The summed E-state index contributed by atoms with van der Waals surface area (Å²) in [6.45, 7) is 4.01. The summed E-state index contributed by atoms with van der Waals surface area (Å²) in [7, 11) is 1.58. The Morgan fingerprint density at radius 2 is 2.04 bits per heavy atom. The second-order valence-electron chi connectivity index (χ2n) is 6.44. The van der Waals surface area contributed by atoms with E-state index in [-0.39, 0.29) is 11.8 Å². The van der Waals surface area contributed by atoms with Crippen LogP contribution in [0.25, 0.3) is 11.0 Å². The molecule has 0 spiro atoms. The standard InChI is InChI=1S/C19H24N2O5/c1-3-25-19(23)17-14-10-13(24-2)4-5-15(14)26-16(17)11-21-8-6-12(7-9-21)18(20)22/h4-5,10,12H,3,6-9,11H2,1-2H3,(H2,20,22). The number of amides is 1. The van der Waals surface area contributed by atoms with Gasteiger partial charge in [-0.2, -0.15) is 0 Å². The van der Waals surface area contributed by atoms with E-state index in [1.807, 2.05) is 0 Å². The van der Waals surface area contributed by atoms with Crippen LogP contribution in [0.3, 0.4) is 0 Å². The van der Waals surface area contributed by atoms with Crippen molar-refractivity contribution in [3.8, 4) is 5.75 Å². The summed E-state index contributed by atoms with van der Waals surface area (Å²) >= 11 is 0. The zero-order chi connectivity index (χ0) is 18.7. The molecule has 7 nitrogen and oxygen atoms in total. The minimum atomic E-state index is -0.401. The number of primary amides is 1. The molecule has 1 aliphatic heterocycles. The Hall–Kier alpha value is -2.54. The second kappa shape index (κ2) is 7.78. The van der Waals surface area contributed by atoms with Crippen LogP contribution in [0.4, 0.5) is 0 Å². The van der Waals surface area contributed by atoms with Crippen LogP contribution in [0.1, 0.15) is 35.9 Å². The van der Waals surface area contributed by atoms with Gasteiger partial charge in [0, 0.05) is 11.3 Å². The number of piperidine rings is 1. The van der Waals surface area contributed by atoms with Crippen molar-refractivity contribution in [2.24, 2.45) is 11.7 Å². The first-order chi connectivity index (χ1) is 12.5. The van der Waals surface area contributed by atoms with Gasteiger partial charge in [0.05, 0.1) is 20.3 Å². The molecule has 7 heteroatoms. The van der Waals surface area contributed by atoms with Gasteiger partial charge in [0.25, 0.3) is 0 Å². The number of rotatable bonds is 6. The first-order valence-corrected chi connectivity index (χ1v) is 8.81.